The summed E-state index contributed by atoms with van der Waals surface area (Å²) in [5.41, 5.74) is 0.589. The smallest absolute Gasteiger partial charge is 0.372 e. The molecule has 0 bridgehead atoms. The Labute approximate surface area is 131 Å². The van der Waals surface area contributed by atoms with Crippen molar-refractivity contribution in [3.05, 3.63) is 24.3 Å². The zero-order chi connectivity index (χ0) is 16.5. The second kappa shape index (κ2) is 8.83. The van der Waals surface area contributed by atoms with Crippen molar-refractivity contribution in [2.75, 3.05) is 11.1 Å². The Morgan fingerprint density at radius 3 is 2.32 bits per heavy atom. The lowest BCUT2D eigenvalue weighted by Crippen LogP contribution is -2.36. The highest BCUT2D eigenvalue weighted by atomic mass is 32.2. The molecular weight excluding hydrogens is 308 g/mol. The van der Waals surface area contributed by atoms with Crippen molar-refractivity contribution >= 4 is 40.9 Å². The van der Waals surface area contributed by atoms with Gasteiger partial charge in [0.1, 0.15) is 12.0 Å². The Morgan fingerprint density at radius 2 is 1.82 bits per heavy atom. The van der Waals surface area contributed by atoms with Crippen LogP contribution < -0.4 is 15.4 Å². The average Bonchev–Trinajstić information content (AvgIpc) is 2.44. The number of carbonyl (C=O) groups excluding carboxylic acids is 4. The molecule has 0 aliphatic heterocycles. The van der Waals surface area contributed by atoms with E-state index in [4.69, 9.17) is 4.74 Å². The summed E-state index contributed by atoms with van der Waals surface area (Å²) in [4.78, 5) is 44.0. The number of hydrogen-bond acceptors (Lipinski definition) is 6. The van der Waals surface area contributed by atoms with Crippen molar-refractivity contribution in [1.82, 2.24) is 5.32 Å². The van der Waals surface area contributed by atoms with Gasteiger partial charge in [-0.15, -0.1) is 0 Å². The van der Waals surface area contributed by atoms with Crippen molar-refractivity contribution in [1.29, 1.82) is 0 Å². The van der Waals surface area contributed by atoms with E-state index in [0.717, 1.165) is 11.8 Å². The first-order valence-electron chi connectivity index (χ1n) is 6.35. The number of anilines is 1. The number of carbonyl (C=O) groups is 4. The molecule has 0 fully saturated rings. The maximum atomic E-state index is 11.6. The third-order valence-corrected chi connectivity index (χ3v) is 3.15. The molecule has 0 saturated heterocycles. The zero-order valence-corrected chi connectivity index (χ0v) is 12.9. The SMILES string of the molecule is CC(=O)Nc1ccc(OC(=O)SCC(C=O)NC(C)=O)cc1. The number of hydrogen-bond donors (Lipinski definition) is 2. The van der Waals surface area contributed by atoms with Gasteiger partial charge in [-0.3, -0.25) is 9.59 Å². The minimum atomic E-state index is -0.739. The molecule has 7 nitrogen and oxygen atoms in total. The zero-order valence-electron chi connectivity index (χ0n) is 12.1. The van der Waals surface area contributed by atoms with Crippen LogP contribution in [0.5, 0.6) is 5.75 Å². The van der Waals surface area contributed by atoms with Gasteiger partial charge in [0.05, 0.1) is 6.04 Å². The predicted molar refractivity (Wildman–Crippen MR) is 82.9 cm³/mol. The van der Waals surface area contributed by atoms with Crippen molar-refractivity contribution in [2.45, 2.75) is 19.9 Å². The summed E-state index contributed by atoms with van der Waals surface area (Å²) in [6.45, 7) is 2.68. The van der Waals surface area contributed by atoms with E-state index < -0.39 is 11.3 Å². The van der Waals surface area contributed by atoms with Gasteiger partial charge in [0.15, 0.2) is 0 Å². The minimum Gasteiger partial charge on any atom is -0.418 e. The summed E-state index contributed by atoms with van der Waals surface area (Å²) < 4.78 is 5.06. The van der Waals surface area contributed by atoms with Crippen LogP contribution in [0.1, 0.15) is 13.8 Å². The number of thioether (sulfide) groups is 1. The van der Waals surface area contributed by atoms with Gasteiger partial charge in [-0.25, -0.2) is 4.79 Å². The highest BCUT2D eigenvalue weighted by Gasteiger charge is 2.13. The van der Waals surface area contributed by atoms with Gasteiger partial charge in [-0.2, -0.15) is 0 Å². The molecule has 8 heteroatoms. The van der Waals surface area contributed by atoms with Gasteiger partial charge >= 0.3 is 5.30 Å². The first-order valence-corrected chi connectivity index (χ1v) is 7.34. The standard InChI is InChI=1S/C14H16N2O5S/c1-9(18)15-11-3-5-13(6-4-11)21-14(20)22-8-12(7-17)16-10(2)19/h3-7,12H,8H2,1-2H3,(H,15,18)(H,16,19). The maximum absolute atomic E-state index is 11.6. The van der Waals surface area contributed by atoms with Gasteiger partial charge in [0.2, 0.25) is 11.8 Å². The lowest BCUT2D eigenvalue weighted by atomic mass is 10.3. The molecule has 0 radical (unpaired) electrons. The van der Waals surface area contributed by atoms with Gasteiger partial charge in [-0.05, 0) is 36.0 Å². The molecule has 0 aromatic heterocycles. The summed E-state index contributed by atoms with van der Waals surface area (Å²) in [5, 5.41) is 4.39. The van der Waals surface area contributed by atoms with Gasteiger partial charge in [0.25, 0.3) is 0 Å². The first kappa shape index (κ1) is 17.7. The average molecular weight is 324 g/mol. The molecule has 1 atom stereocenters. The van der Waals surface area contributed by atoms with Crippen LogP contribution in [0.25, 0.3) is 0 Å². The normalized spacial score (nSPS) is 11.2. The molecule has 0 spiro atoms. The quantitative estimate of drug-likeness (QED) is 0.608. The number of rotatable bonds is 6. The van der Waals surface area contributed by atoms with E-state index in [-0.39, 0.29) is 17.6 Å². The van der Waals surface area contributed by atoms with Crippen molar-refractivity contribution in [2.24, 2.45) is 0 Å². The van der Waals surface area contributed by atoms with E-state index in [1.165, 1.54) is 26.0 Å². The van der Waals surface area contributed by atoms with Crippen molar-refractivity contribution in [3.63, 3.8) is 0 Å². The fraction of sp³-hybridized carbons (Fsp3) is 0.286. The molecule has 0 aliphatic rings. The van der Waals surface area contributed by atoms with Crippen LogP contribution in [-0.2, 0) is 14.4 Å². The van der Waals surface area contributed by atoms with Gasteiger partial charge < -0.3 is 20.2 Å². The third kappa shape index (κ3) is 6.89. The molecule has 2 N–H and O–H groups in total. The number of aldehydes is 1. The van der Waals surface area contributed by atoms with Crippen LogP contribution in [0, 0.1) is 0 Å². The molecule has 1 rings (SSSR count). The largest absolute Gasteiger partial charge is 0.418 e. The summed E-state index contributed by atoms with van der Waals surface area (Å²) in [7, 11) is 0. The topological polar surface area (TPSA) is 102 Å². The Hall–Kier alpha value is -2.35. The maximum Gasteiger partial charge on any atom is 0.372 e. The Balaban J connectivity index is 2.45. The Kier molecular flexibility index (Phi) is 7.11. The highest BCUT2D eigenvalue weighted by Crippen LogP contribution is 2.18. The van der Waals surface area contributed by atoms with Gasteiger partial charge in [-0.1, -0.05) is 0 Å². The number of nitrogens with one attached hydrogen (secondary N) is 2. The molecule has 1 aromatic carbocycles. The fourth-order valence-corrected chi connectivity index (χ4v) is 2.10. The minimum absolute atomic E-state index is 0.0892. The third-order valence-electron chi connectivity index (χ3n) is 2.31. The second-order valence-corrected chi connectivity index (χ2v) is 5.27. The lowest BCUT2D eigenvalue weighted by molar-refractivity contribution is -0.121. The van der Waals surface area contributed by atoms with E-state index in [1.54, 1.807) is 12.1 Å². The van der Waals surface area contributed by atoms with E-state index in [1.807, 2.05) is 0 Å². The number of benzene rings is 1. The first-order chi connectivity index (χ1) is 10.4. The van der Waals surface area contributed by atoms with Crippen LogP contribution >= 0.6 is 11.8 Å². The summed E-state index contributed by atoms with van der Waals surface area (Å²) >= 11 is 0.784. The van der Waals surface area contributed by atoms with E-state index in [0.29, 0.717) is 17.7 Å². The lowest BCUT2D eigenvalue weighted by Gasteiger charge is -2.10. The molecule has 0 heterocycles. The summed E-state index contributed by atoms with van der Waals surface area (Å²) in [6, 6.07) is 5.53. The summed E-state index contributed by atoms with van der Waals surface area (Å²) in [5.74, 6) is -0.141. The van der Waals surface area contributed by atoms with Crippen LogP contribution in [-0.4, -0.2) is 35.2 Å². The Morgan fingerprint density at radius 1 is 1.18 bits per heavy atom. The molecule has 118 valence electrons. The van der Waals surface area contributed by atoms with E-state index >= 15 is 0 Å². The molecule has 1 aromatic rings. The molecule has 2 amide bonds. The molecule has 0 aliphatic carbocycles. The number of ether oxygens (including phenoxy) is 1. The summed E-state index contributed by atoms with van der Waals surface area (Å²) in [6.07, 6.45) is 0.559. The molecule has 22 heavy (non-hydrogen) atoms. The van der Waals surface area contributed by atoms with Crippen LogP contribution in [0.4, 0.5) is 10.5 Å². The predicted octanol–water partition coefficient (Wildman–Crippen LogP) is 1.58. The molecule has 0 saturated carbocycles. The Bertz CT molecular complexity index is 559. The highest BCUT2D eigenvalue weighted by molar-refractivity contribution is 8.13. The van der Waals surface area contributed by atoms with Crippen molar-refractivity contribution in [3.8, 4) is 5.75 Å². The molecule has 1 unspecified atom stereocenters. The second-order valence-electron chi connectivity index (χ2n) is 4.31. The van der Waals surface area contributed by atoms with E-state index in [2.05, 4.69) is 10.6 Å². The van der Waals surface area contributed by atoms with E-state index in [9.17, 15) is 19.2 Å². The van der Waals surface area contributed by atoms with Crippen LogP contribution in [0.3, 0.4) is 0 Å². The van der Waals surface area contributed by atoms with Crippen LogP contribution in [0.2, 0.25) is 0 Å². The fourth-order valence-electron chi connectivity index (χ4n) is 1.47. The van der Waals surface area contributed by atoms with Gasteiger partial charge in [0, 0.05) is 25.3 Å². The monoisotopic (exact) mass is 324 g/mol. The number of amides is 2. The molecular formula is C14H16N2O5S. The van der Waals surface area contributed by atoms with Crippen molar-refractivity contribution < 1.29 is 23.9 Å². The van der Waals surface area contributed by atoms with Crippen LogP contribution in [0.15, 0.2) is 24.3 Å².